The van der Waals surface area contributed by atoms with Gasteiger partial charge in [0.1, 0.15) is 0 Å². The molecule has 116 valence electrons. The van der Waals surface area contributed by atoms with Crippen LogP contribution in [0.15, 0.2) is 0 Å². The van der Waals surface area contributed by atoms with Crippen molar-refractivity contribution in [3.05, 3.63) is 0 Å². The van der Waals surface area contributed by atoms with Gasteiger partial charge in [0.05, 0.1) is 0 Å². The fraction of sp³-hybridized carbons (Fsp3) is 1.00. The van der Waals surface area contributed by atoms with Crippen LogP contribution in [0.4, 0.5) is 0 Å². The first-order valence-electron chi connectivity index (χ1n) is 7.51. The average Bonchev–Trinajstić information content (AvgIpc) is 3.28. The van der Waals surface area contributed by atoms with E-state index in [2.05, 4.69) is 68.1 Å². The molecular formula is C14H24S2Se2Te2. The van der Waals surface area contributed by atoms with Gasteiger partial charge in [-0.1, -0.05) is 0 Å². The first-order chi connectivity index (χ1) is 9.69. The third-order valence-electron chi connectivity index (χ3n) is 3.98. The Morgan fingerprint density at radius 2 is 1.35 bits per heavy atom. The van der Waals surface area contributed by atoms with Gasteiger partial charge >= 0.3 is 174 Å². The second kappa shape index (κ2) is 9.14. The molecule has 0 radical (unpaired) electrons. The molecule has 20 heavy (non-hydrogen) atoms. The SMILES string of the molecule is [TeH]C(CC1C[Se]C(CC([TeH])CC2CS2)[Se]C1)CC1CS1. The summed E-state index contributed by atoms with van der Waals surface area (Å²) in [5.41, 5.74) is 0. The van der Waals surface area contributed by atoms with Gasteiger partial charge in [-0.25, -0.2) is 0 Å². The molecule has 0 aromatic rings. The summed E-state index contributed by atoms with van der Waals surface area (Å²) in [6, 6.07) is 0. The molecule has 3 fully saturated rings. The normalized spacial score (nSPS) is 39.3. The Bertz CT molecular complexity index is 276. The van der Waals surface area contributed by atoms with Gasteiger partial charge in [0.25, 0.3) is 0 Å². The van der Waals surface area contributed by atoms with Crippen molar-refractivity contribution in [3.8, 4) is 0 Å². The number of hydrogen-bond acceptors (Lipinski definition) is 2. The molecule has 3 rings (SSSR count). The number of rotatable bonds is 8. The van der Waals surface area contributed by atoms with E-state index in [1.54, 1.807) is 29.9 Å². The summed E-state index contributed by atoms with van der Waals surface area (Å²) in [5.74, 6) is 4.08. The van der Waals surface area contributed by atoms with Crippen LogP contribution in [0.1, 0.15) is 25.7 Å². The topological polar surface area (TPSA) is 0 Å². The Labute approximate surface area is 171 Å². The first kappa shape index (κ1) is 18.1. The van der Waals surface area contributed by atoms with Crippen LogP contribution in [0.5, 0.6) is 0 Å². The van der Waals surface area contributed by atoms with Crippen LogP contribution in [0.3, 0.4) is 0 Å². The van der Waals surface area contributed by atoms with Gasteiger partial charge in [-0.3, -0.25) is 0 Å². The van der Waals surface area contributed by atoms with Gasteiger partial charge in [0.2, 0.25) is 0 Å². The van der Waals surface area contributed by atoms with Crippen molar-refractivity contribution in [2.75, 3.05) is 11.5 Å². The summed E-state index contributed by atoms with van der Waals surface area (Å²) < 4.78 is 3.34. The molecular weight excluding hydrogens is 645 g/mol. The fourth-order valence-corrected chi connectivity index (χ4v) is 18.0. The van der Waals surface area contributed by atoms with Crippen molar-refractivity contribution < 1.29 is 0 Å². The maximum absolute atomic E-state index is 2.19. The molecule has 0 aromatic heterocycles. The van der Waals surface area contributed by atoms with E-state index in [1.165, 1.54) is 21.6 Å². The van der Waals surface area contributed by atoms with E-state index in [1.807, 2.05) is 0 Å². The van der Waals surface area contributed by atoms with Crippen molar-refractivity contribution in [2.45, 2.75) is 58.5 Å². The third-order valence-corrected chi connectivity index (χ3v) is 16.5. The standard InChI is InChI=1S/C14H24S2Se2Te2/c19-12(2-10-5-15-10)1-9-7-17-14(18-8-9)4-13(20)3-11-6-16-11/h9-14,19-20H,1-8H2. The van der Waals surface area contributed by atoms with Gasteiger partial charge in [-0.15, -0.1) is 0 Å². The second-order valence-electron chi connectivity index (χ2n) is 6.12. The minimum absolute atomic E-state index is 1.00. The monoisotopic (exact) mass is 676 g/mol. The van der Waals surface area contributed by atoms with Crippen molar-refractivity contribution in [1.29, 1.82) is 0 Å². The van der Waals surface area contributed by atoms with Crippen molar-refractivity contribution in [1.82, 2.24) is 0 Å². The van der Waals surface area contributed by atoms with Crippen LogP contribution >= 0.6 is 23.5 Å². The van der Waals surface area contributed by atoms with Crippen LogP contribution in [0.2, 0.25) is 22.3 Å². The summed E-state index contributed by atoms with van der Waals surface area (Å²) in [6.45, 7) is 0. The summed E-state index contributed by atoms with van der Waals surface area (Å²) in [4.78, 5) is 0. The van der Waals surface area contributed by atoms with Gasteiger partial charge in [-0.05, 0) is 0 Å². The molecule has 0 spiro atoms. The van der Waals surface area contributed by atoms with E-state index < -0.39 is 0 Å². The maximum atomic E-state index is 2.19. The van der Waals surface area contributed by atoms with Crippen molar-refractivity contribution in [3.63, 3.8) is 0 Å². The molecule has 3 heterocycles. The molecule has 3 aliphatic heterocycles. The second-order valence-corrected chi connectivity index (χ2v) is 19.7. The molecule has 0 nitrogen and oxygen atoms in total. The van der Waals surface area contributed by atoms with E-state index in [0.29, 0.717) is 0 Å². The van der Waals surface area contributed by atoms with Crippen LogP contribution in [0.25, 0.3) is 0 Å². The summed E-state index contributed by atoms with van der Waals surface area (Å²) in [7, 11) is 0. The Hall–Kier alpha value is 3.32. The zero-order chi connectivity index (χ0) is 13.9. The first-order valence-corrected chi connectivity index (χ1v) is 17.0. The third kappa shape index (κ3) is 7.06. The zero-order valence-corrected chi connectivity index (χ0v) is 21.8. The van der Waals surface area contributed by atoms with Gasteiger partial charge in [-0.2, -0.15) is 0 Å². The molecule has 4 unspecified atom stereocenters. The molecule has 0 aromatic carbocycles. The quantitative estimate of drug-likeness (QED) is 0.288. The van der Waals surface area contributed by atoms with Gasteiger partial charge in [0.15, 0.2) is 0 Å². The minimum atomic E-state index is 1.00. The number of hydrogen-bond donors (Lipinski definition) is 0. The van der Waals surface area contributed by atoms with E-state index in [4.69, 9.17) is 0 Å². The van der Waals surface area contributed by atoms with E-state index in [0.717, 1.165) is 54.3 Å². The molecule has 3 aliphatic rings. The molecule has 0 aliphatic carbocycles. The predicted molar refractivity (Wildman–Crippen MR) is 101 cm³/mol. The molecule has 0 saturated carbocycles. The molecule has 0 bridgehead atoms. The average molecular weight is 670 g/mol. The van der Waals surface area contributed by atoms with E-state index in [-0.39, 0.29) is 0 Å². The Kier molecular flexibility index (Phi) is 8.28. The van der Waals surface area contributed by atoms with Crippen LogP contribution in [-0.4, -0.2) is 96.5 Å². The van der Waals surface area contributed by atoms with Gasteiger partial charge < -0.3 is 0 Å². The zero-order valence-electron chi connectivity index (χ0n) is 11.6. The van der Waals surface area contributed by atoms with Crippen LogP contribution in [0, 0.1) is 5.92 Å². The van der Waals surface area contributed by atoms with E-state index in [9.17, 15) is 0 Å². The summed E-state index contributed by atoms with van der Waals surface area (Å²) >= 11 is 10.7. The summed E-state index contributed by atoms with van der Waals surface area (Å²) in [6.07, 6.45) is 6.27. The molecule has 3 saturated heterocycles. The van der Waals surface area contributed by atoms with Crippen molar-refractivity contribution >= 4 is 98.0 Å². The fourth-order valence-electron chi connectivity index (χ4n) is 2.67. The summed E-state index contributed by atoms with van der Waals surface area (Å²) in [5, 5.41) is 5.40. The Morgan fingerprint density at radius 3 is 1.85 bits per heavy atom. The molecule has 6 heteroatoms. The van der Waals surface area contributed by atoms with Crippen LogP contribution < -0.4 is 0 Å². The Balaban J connectivity index is 1.29. The predicted octanol–water partition coefficient (Wildman–Crippen LogP) is 2.78. The molecule has 0 amide bonds. The van der Waals surface area contributed by atoms with Gasteiger partial charge in [0, 0.05) is 0 Å². The Morgan fingerprint density at radius 1 is 0.850 bits per heavy atom. The number of thioether (sulfide) groups is 2. The van der Waals surface area contributed by atoms with E-state index >= 15 is 0 Å². The van der Waals surface area contributed by atoms with Crippen LogP contribution in [-0.2, 0) is 0 Å². The molecule has 0 N–H and O–H groups in total. The van der Waals surface area contributed by atoms with Crippen molar-refractivity contribution in [2.24, 2.45) is 5.92 Å². The molecule has 4 atom stereocenters.